The third kappa shape index (κ3) is 4.89. The Morgan fingerprint density at radius 2 is 1.70 bits per heavy atom. The van der Waals surface area contributed by atoms with Crippen LogP contribution >= 0.6 is 23.8 Å². The molecule has 0 saturated carbocycles. The van der Waals surface area contributed by atoms with Gasteiger partial charge in [-0.05, 0) is 47.9 Å². The molecule has 3 aromatic rings. The number of hydrogen-bond acceptors (Lipinski definition) is 5. The Kier molecular flexibility index (Phi) is 6.32. The van der Waals surface area contributed by atoms with Gasteiger partial charge in [0.05, 0.1) is 24.9 Å². The van der Waals surface area contributed by atoms with Crippen molar-refractivity contribution in [3.63, 3.8) is 0 Å². The van der Waals surface area contributed by atoms with E-state index in [-0.39, 0.29) is 24.9 Å². The van der Waals surface area contributed by atoms with E-state index in [4.69, 9.17) is 38.0 Å². The SMILES string of the molecule is O=C(Nc1cccc2ccccc12)O[C@@H]1CO[C@H]2[C@@H]1OC[C@@H]2NC(=S)Nc1ccc(Cl)cc1. The predicted octanol–water partition coefficient (Wildman–Crippen LogP) is 4.56. The molecule has 2 aliphatic heterocycles. The van der Waals surface area contributed by atoms with Crippen LogP contribution in [0.15, 0.2) is 66.7 Å². The number of carbonyl (C=O) groups excluding carboxylic acids is 1. The minimum Gasteiger partial charge on any atom is -0.441 e. The molecule has 4 atom stereocenters. The number of benzene rings is 3. The molecule has 7 nitrogen and oxygen atoms in total. The summed E-state index contributed by atoms with van der Waals surface area (Å²) in [6.45, 7) is 0.649. The maximum atomic E-state index is 12.6. The molecule has 0 spiro atoms. The first kappa shape index (κ1) is 21.9. The molecule has 2 fully saturated rings. The van der Waals surface area contributed by atoms with Gasteiger partial charge in [0.25, 0.3) is 0 Å². The molecule has 2 saturated heterocycles. The molecule has 0 radical (unpaired) electrons. The summed E-state index contributed by atoms with van der Waals surface area (Å²) in [6.07, 6.45) is -1.68. The topological polar surface area (TPSA) is 80.9 Å². The van der Waals surface area contributed by atoms with E-state index < -0.39 is 12.2 Å². The third-order valence-electron chi connectivity index (χ3n) is 5.71. The average Bonchev–Trinajstić information content (AvgIpc) is 3.39. The summed E-state index contributed by atoms with van der Waals surface area (Å²) in [5, 5.41) is 12.3. The zero-order valence-electron chi connectivity index (χ0n) is 17.5. The van der Waals surface area contributed by atoms with Gasteiger partial charge in [-0.3, -0.25) is 5.32 Å². The van der Waals surface area contributed by atoms with Crippen molar-refractivity contribution in [1.29, 1.82) is 0 Å². The molecule has 2 aliphatic rings. The molecular formula is C24H22ClN3O4S. The molecule has 33 heavy (non-hydrogen) atoms. The number of anilines is 2. The molecule has 3 N–H and O–H groups in total. The lowest BCUT2D eigenvalue weighted by Crippen LogP contribution is -2.46. The lowest BCUT2D eigenvalue weighted by atomic mass is 10.1. The van der Waals surface area contributed by atoms with Crippen LogP contribution in [0.3, 0.4) is 0 Å². The zero-order valence-corrected chi connectivity index (χ0v) is 19.1. The van der Waals surface area contributed by atoms with Crippen molar-refractivity contribution in [2.75, 3.05) is 23.8 Å². The highest BCUT2D eigenvalue weighted by Gasteiger charge is 2.49. The standard InChI is InChI=1S/C24H22ClN3O4S/c25-15-8-10-16(11-9-15)26-23(33)27-19-12-30-22-20(13-31-21(19)22)32-24(29)28-18-7-3-5-14-4-1-2-6-17(14)18/h1-11,19-22H,12-13H2,(H,28,29)(H2,26,27,33)/t19-,20+,21+,22+/m0/s1. The van der Waals surface area contributed by atoms with Crippen LogP contribution < -0.4 is 16.0 Å². The Morgan fingerprint density at radius 3 is 2.55 bits per heavy atom. The first-order valence-corrected chi connectivity index (χ1v) is 11.4. The summed E-state index contributed by atoms with van der Waals surface area (Å²) in [5.41, 5.74) is 1.52. The maximum absolute atomic E-state index is 12.6. The van der Waals surface area contributed by atoms with Crippen LogP contribution in [0.1, 0.15) is 0 Å². The van der Waals surface area contributed by atoms with Gasteiger partial charge in [0.1, 0.15) is 12.2 Å². The van der Waals surface area contributed by atoms with Gasteiger partial charge < -0.3 is 24.8 Å². The number of ether oxygens (including phenoxy) is 3. The molecule has 1 amide bonds. The Bertz CT molecular complexity index is 1170. The van der Waals surface area contributed by atoms with E-state index in [1.54, 1.807) is 12.1 Å². The summed E-state index contributed by atoms with van der Waals surface area (Å²) in [5.74, 6) is 0. The fourth-order valence-electron chi connectivity index (χ4n) is 4.17. The van der Waals surface area contributed by atoms with E-state index in [1.165, 1.54) is 0 Å². The number of fused-ring (bicyclic) bond motifs is 2. The van der Waals surface area contributed by atoms with E-state index in [2.05, 4.69) is 16.0 Å². The Hall–Kier alpha value is -2.91. The maximum Gasteiger partial charge on any atom is 0.412 e. The molecule has 0 aromatic heterocycles. The van der Waals surface area contributed by atoms with Gasteiger partial charge in [-0.15, -0.1) is 0 Å². The van der Waals surface area contributed by atoms with E-state index in [9.17, 15) is 4.79 Å². The van der Waals surface area contributed by atoms with Crippen molar-refractivity contribution >= 4 is 57.2 Å². The largest absolute Gasteiger partial charge is 0.441 e. The van der Waals surface area contributed by atoms with Crippen LogP contribution in [0, 0.1) is 0 Å². The first-order valence-electron chi connectivity index (χ1n) is 10.6. The second-order valence-corrected chi connectivity index (χ2v) is 8.75. The van der Waals surface area contributed by atoms with Crippen LogP contribution in [0.5, 0.6) is 0 Å². The van der Waals surface area contributed by atoms with Crippen LogP contribution in [0.4, 0.5) is 16.2 Å². The van der Waals surface area contributed by atoms with Crippen molar-refractivity contribution < 1.29 is 19.0 Å². The van der Waals surface area contributed by atoms with Crippen LogP contribution in [-0.2, 0) is 14.2 Å². The molecule has 9 heteroatoms. The number of carbonyl (C=O) groups is 1. The summed E-state index contributed by atoms with van der Waals surface area (Å²) < 4.78 is 17.4. The summed E-state index contributed by atoms with van der Waals surface area (Å²) in [7, 11) is 0. The van der Waals surface area contributed by atoms with Gasteiger partial charge in [0.2, 0.25) is 0 Å². The minimum absolute atomic E-state index is 0.156. The fraction of sp³-hybridized carbons (Fsp3) is 0.250. The summed E-state index contributed by atoms with van der Waals surface area (Å²) >= 11 is 11.3. The molecular weight excluding hydrogens is 462 g/mol. The van der Waals surface area contributed by atoms with Crippen molar-refractivity contribution in [3.8, 4) is 0 Å². The predicted molar refractivity (Wildman–Crippen MR) is 132 cm³/mol. The van der Waals surface area contributed by atoms with Crippen molar-refractivity contribution in [2.45, 2.75) is 24.4 Å². The normalized spacial score (nSPS) is 23.7. The summed E-state index contributed by atoms with van der Waals surface area (Å²) in [6, 6.07) is 20.7. The molecule has 0 bridgehead atoms. The average molecular weight is 484 g/mol. The highest BCUT2D eigenvalue weighted by molar-refractivity contribution is 7.80. The van der Waals surface area contributed by atoms with Gasteiger partial charge in [0.15, 0.2) is 11.2 Å². The minimum atomic E-state index is -0.541. The van der Waals surface area contributed by atoms with Crippen molar-refractivity contribution in [1.82, 2.24) is 5.32 Å². The number of halogens is 1. The second kappa shape index (κ2) is 9.52. The van der Waals surface area contributed by atoms with Gasteiger partial charge >= 0.3 is 6.09 Å². The molecule has 3 aromatic carbocycles. The summed E-state index contributed by atoms with van der Waals surface area (Å²) in [4.78, 5) is 12.6. The second-order valence-electron chi connectivity index (χ2n) is 7.90. The molecule has 2 heterocycles. The van der Waals surface area contributed by atoms with E-state index in [0.717, 1.165) is 16.5 Å². The highest BCUT2D eigenvalue weighted by atomic mass is 35.5. The highest BCUT2D eigenvalue weighted by Crippen LogP contribution is 2.30. The van der Waals surface area contributed by atoms with Gasteiger partial charge in [-0.1, -0.05) is 48.0 Å². The number of nitrogens with one attached hydrogen (secondary N) is 3. The third-order valence-corrected chi connectivity index (χ3v) is 6.18. The first-order chi connectivity index (χ1) is 16.1. The van der Waals surface area contributed by atoms with Crippen molar-refractivity contribution in [2.24, 2.45) is 0 Å². The quantitative estimate of drug-likeness (QED) is 0.469. The Balaban J connectivity index is 1.16. The molecule has 0 aliphatic carbocycles. The number of rotatable bonds is 4. The van der Waals surface area contributed by atoms with E-state index in [0.29, 0.717) is 22.4 Å². The molecule has 170 valence electrons. The monoisotopic (exact) mass is 483 g/mol. The smallest absolute Gasteiger partial charge is 0.412 e. The number of thiocarbonyl (C=S) groups is 1. The van der Waals surface area contributed by atoms with Crippen LogP contribution in [-0.4, -0.2) is 48.8 Å². The van der Waals surface area contributed by atoms with Crippen molar-refractivity contribution in [3.05, 3.63) is 71.8 Å². The number of hydrogen-bond donors (Lipinski definition) is 3. The van der Waals surface area contributed by atoms with Gasteiger partial charge in [-0.25, -0.2) is 4.79 Å². The van der Waals surface area contributed by atoms with Crippen LogP contribution in [0.2, 0.25) is 5.02 Å². The lowest BCUT2D eigenvalue weighted by molar-refractivity contribution is 0.00881. The zero-order chi connectivity index (χ0) is 22.8. The lowest BCUT2D eigenvalue weighted by Gasteiger charge is -2.20. The van der Waals surface area contributed by atoms with Gasteiger partial charge in [0, 0.05) is 16.1 Å². The van der Waals surface area contributed by atoms with Crippen LogP contribution in [0.25, 0.3) is 10.8 Å². The Labute approximate surface area is 201 Å². The Morgan fingerprint density at radius 1 is 0.939 bits per heavy atom. The molecule has 0 unspecified atom stereocenters. The van der Waals surface area contributed by atoms with Gasteiger partial charge in [-0.2, -0.15) is 0 Å². The van der Waals surface area contributed by atoms with E-state index >= 15 is 0 Å². The molecule has 5 rings (SSSR count). The fourth-order valence-corrected chi connectivity index (χ4v) is 4.56. The van der Waals surface area contributed by atoms with E-state index in [1.807, 2.05) is 54.6 Å². The number of amides is 1.